The predicted octanol–water partition coefficient (Wildman–Crippen LogP) is 4.36. The number of hydrogen-bond donors (Lipinski definition) is 2. The molecule has 0 aromatic heterocycles. The average Bonchev–Trinajstić information content (AvgIpc) is 2.71. The second-order valence-corrected chi connectivity index (χ2v) is 12.8. The van der Waals surface area contributed by atoms with E-state index < -0.39 is 26.6 Å². The molecule has 2 N–H and O–H groups in total. The number of carbonyl (C=O) groups is 2. The number of carboxylic acids is 1. The van der Waals surface area contributed by atoms with Crippen LogP contribution in [-0.2, 0) is 22.9 Å². The van der Waals surface area contributed by atoms with Gasteiger partial charge in [0.2, 0.25) is 5.91 Å². The van der Waals surface area contributed by atoms with Crippen molar-refractivity contribution in [1.82, 2.24) is 5.32 Å². The van der Waals surface area contributed by atoms with Crippen LogP contribution in [-0.4, -0.2) is 52.7 Å². The van der Waals surface area contributed by atoms with Crippen molar-refractivity contribution >= 4 is 20.7 Å². The van der Waals surface area contributed by atoms with Gasteiger partial charge in [-0.15, -0.1) is 0 Å². The zero-order chi connectivity index (χ0) is 24.7. The van der Waals surface area contributed by atoms with Gasteiger partial charge in [0.05, 0.1) is 11.8 Å². The second-order valence-electron chi connectivity index (χ2n) is 9.97. The van der Waals surface area contributed by atoms with Gasteiger partial charge in [-0.2, -0.15) is 0 Å². The van der Waals surface area contributed by atoms with E-state index in [9.17, 15) is 14.7 Å². The maximum atomic E-state index is 13.4. The molecule has 5 unspecified atom stereocenters. The molecule has 0 aromatic carbocycles. The molecule has 8 heteroatoms. The highest BCUT2D eigenvalue weighted by Crippen LogP contribution is 2.46. The van der Waals surface area contributed by atoms with Crippen molar-refractivity contribution in [1.29, 1.82) is 0 Å². The van der Waals surface area contributed by atoms with Crippen LogP contribution in [0.15, 0.2) is 11.6 Å². The van der Waals surface area contributed by atoms with Gasteiger partial charge >= 0.3 is 14.8 Å². The Kier molecular flexibility index (Phi) is 11.1. The summed E-state index contributed by atoms with van der Waals surface area (Å²) in [4.78, 5) is 25.6. The van der Waals surface area contributed by atoms with Crippen LogP contribution in [0, 0.1) is 35.0 Å². The number of carbonyl (C=O) groups excluding carboxylic acids is 1. The van der Waals surface area contributed by atoms with E-state index in [0.717, 1.165) is 5.57 Å². The number of hydrogen-bond acceptors (Lipinski definition) is 5. The third-order valence-electron chi connectivity index (χ3n) is 7.04. The SMILES string of the molecule is CCO[Si](CCCNC(=O)C1C(C(C)C(C)(C)C)C=C(C)C(C)C1C(=O)O)(OC)OCC. The second kappa shape index (κ2) is 12.3. The van der Waals surface area contributed by atoms with Crippen LogP contribution in [0.5, 0.6) is 0 Å². The van der Waals surface area contributed by atoms with Crippen LogP contribution in [0.4, 0.5) is 0 Å². The molecule has 7 nitrogen and oxygen atoms in total. The van der Waals surface area contributed by atoms with Crippen LogP contribution in [0.1, 0.15) is 61.8 Å². The van der Waals surface area contributed by atoms with Crippen LogP contribution >= 0.6 is 0 Å². The molecule has 0 fully saturated rings. The molecule has 0 saturated carbocycles. The molecule has 1 rings (SSSR count). The first kappa shape index (κ1) is 28.8. The van der Waals surface area contributed by atoms with Gasteiger partial charge < -0.3 is 23.7 Å². The van der Waals surface area contributed by atoms with Crippen molar-refractivity contribution in [2.24, 2.45) is 35.0 Å². The third kappa shape index (κ3) is 7.14. The van der Waals surface area contributed by atoms with Gasteiger partial charge in [-0.3, -0.25) is 9.59 Å². The lowest BCUT2D eigenvalue weighted by Gasteiger charge is -2.44. The third-order valence-corrected chi connectivity index (χ3v) is 10.1. The van der Waals surface area contributed by atoms with E-state index in [0.29, 0.717) is 32.2 Å². The number of amides is 1. The first-order chi connectivity index (χ1) is 14.8. The topological polar surface area (TPSA) is 94.1 Å². The minimum atomic E-state index is -2.74. The van der Waals surface area contributed by atoms with Gasteiger partial charge in [0.1, 0.15) is 0 Å². The minimum Gasteiger partial charge on any atom is -0.481 e. The van der Waals surface area contributed by atoms with Crippen molar-refractivity contribution in [3.05, 3.63) is 11.6 Å². The van der Waals surface area contributed by atoms with Gasteiger partial charge in [-0.1, -0.05) is 46.3 Å². The standard InChI is InChI=1S/C24H45NO6Si/c1-10-30-32(29-9,31-11-2)14-12-13-25-22(26)21-19(18(5)24(6,7)8)15-16(3)17(4)20(21)23(27)28/h15,17-21H,10-14H2,1-9H3,(H,25,26)(H,27,28). The summed E-state index contributed by atoms with van der Waals surface area (Å²) in [5.41, 5.74) is 0.995. The summed E-state index contributed by atoms with van der Waals surface area (Å²) in [6.45, 7) is 17.7. The number of carboxylic acid groups (broad SMARTS) is 1. The molecule has 1 aliphatic carbocycles. The molecule has 0 aromatic rings. The Bertz CT molecular complexity index is 653. The number of allylic oxidation sites excluding steroid dienone is 2. The number of aliphatic carboxylic acids is 1. The van der Waals surface area contributed by atoms with E-state index in [4.69, 9.17) is 13.3 Å². The van der Waals surface area contributed by atoms with Crippen molar-refractivity contribution in [2.45, 2.75) is 67.9 Å². The Morgan fingerprint density at radius 2 is 1.75 bits per heavy atom. The molecule has 0 saturated heterocycles. The Labute approximate surface area is 195 Å². The largest absolute Gasteiger partial charge is 0.500 e. The summed E-state index contributed by atoms with van der Waals surface area (Å²) in [6, 6.07) is 0.593. The first-order valence-corrected chi connectivity index (χ1v) is 13.8. The fourth-order valence-corrected chi connectivity index (χ4v) is 6.91. The number of rotatable bonds is 12. The van der Waals surface area contributed by atoms with Crippen LogP contribution in [0.3, 0.4) is 0 Å². The summed E-state index contributed by atoms with van der Waals surface area (Å²) >= 11 is 0. The van der Waals surface area contributed by atoms with E-state index in [1.807, 2.05) is 27.7 Å². The molecule has 1 amide bonds. The normalized spacial score (nSPS) is 25.2. The van der Waals surface area contributed by atoms with E-state index in [1.54, 1.807) is 7.11 Å². The monoisotopic (exact) mass is 471 g/mol. The Balaban J connectivity index is 3.01. The highest BCUT2D eigenvalue weighted by molar-refractivity contribution is 6.60. The maximum absolute atomic E-state index is 13.4. The molecule has 186 valence electrons. The number of nitrogens with one attached hydrogen (secondary N) is 1. The first-order valence-electron chi connectivity index (χ1n) is 11.9. The zero-order valence-corrected chi connectivity index (χ0v) is 22.5. The molecule has 0 heterocycles. The lowest BCUT2D eigenvalue weighted by atomic mass is 9.60. The lowest BCUT2D eigenvalue weighted by molar-refractivity contribution is -0.152. The highest BCUT2D eigenvalue weighted by atomic mass is 28.4. The summed E-state index contributed by atoms with van der Waals surface area (Å²) in [6.07, 6.45) is 2.78. The zero-order valence-electron chi connectivity index (χ0n) is 21.5. The van der Waals surface area contributed by atoms with E-state index in [2.05, 4.69) is 39.1 Å². The van der Waals surface area contributed by atoms with Crippen LogP contribution < -0.4 is 5.32 Å². The van der Waals surface area contributed by atoms with Crippen molar-refractivity contribution in [3.8, 4) is 0 Å². The van der Waals surface area contributed by atoms with Crippen LogP contribution in [0.2, 0.25) is 6.04 Å². The molecular weight excluding hydrogens is 426 g/mol. The Morgan fingerprint density at radius 1 is 1.19 bits per heavy atom. The smallest absolute Gasteiger partial charge is 0.481 e. The lowest BCUT2D eigenvalue weighted by Crippen LogP contribution is -2.50. The quantitative estimate of drug-likeness (QED) is 0.249. The molecule has 0 aliphatic heterocycles. The molecule has 1 aliphatic rings. The Morgan fingerprint density at radius 3 is 2.19 bits per heavy atom. The van der Waals surface area contributed by atoms with E-state index in [1.165, 1.54) is 0 Å². The Hall–Kier alpha value is -1.22. The van der Waals surface area contributed by atoms with Crippen molar-refractivity contribution < 1.29 is 28.0 Å². The maximum Gasteiger partial charge on any atom is 0.500 e. The average molecular weight is 472 g/mol. The molecule has 0 radical (unpaired) electrons. The molecule has 0 bridgehead atoms. The fourth-order valence-electron chi connectivity index (χ4n) is 4.61. The summed E-state index contributed by atoms with van der Waals surface area (Å²) in [5, 5.41) is 13.0. The minimum absolute atomic E-state index is 0.0533. The van der Waals surface area contributed by atoms with E-state index >= 15 is 0 Å². The highest BCUT2D eigenvalue weighted by Gasteiger charge is 2.48. The molecule has 32 heavy (non-hydrogen) atoms. The van der Waals surface area contributed by atoms with Crippen molar-refractivity contribution in [2.75, 3.05) is 26.9 Å². The van der Waals surface area contributed by atoms with Gasteiger partial charge in [0, 0.05) is 32.9 Å². The predicted molar refractivity (Wildman–Crippen MR) is 128 cm³/mol. The summed E-state index contributed by atoms with van der Waals surface area (Å²) in [5.74, 6) is -2.62. The van der Waals surface area contributed by atoms with Gasteiger partial charge in [-0.05, 0) is 50.4 Å². The van der Waals surface area contributed by atoms with Gasteiger partial charge in [0.25, 0.3) is 0 Å². The van der Waals surface area contributed by atoms with Gasteiger partial charge in [-0.25, -0.2) is 0 Å². The van der Waals surface area contributed by atoms with Gasteiger partial charge in [0.15, 0.2) is 0 Å². The van der Waals surface area contributed by atoms with Crippen LogP contribution in [0.25, 0.3) is 0 Å². The molecular formula is C24H45NO6Si. The van der Waals surface area contributed by atoms with Crippen molar-refractivity contribution in [3.63, 3.8) is 0 Å². The molecule has 5 atom stereocenters. The fraction of sp³-hybridized carbons (Fsp3) is 0.833. The summed E-state index contributed by atoms with van der Waals surface area (Å²) in [7, 11) is -1.14. The summed E-state index contributed by atoms with van der Waals surface area (Å²) < 4.78 is 17.2. The van der Waals surface area contributed by atoms with E-state index in [-0.39, 0.29) is 29.1 Å². The molecule has 0 spiro atoms.